The van der Waals surface area contributed by atoms with Crippen LogP contribution in [-0.2, 0) is 9.47 Å². The Bertz CT molecular complexity index is 1210. The summed E-state index contributed by atoms with van der Waals surface area (Å²) in [6.07, 6.45) is -0.445. The third-order valence-electron chi connectivity index (χ3n) is 6.97. The molecule has 3 atom stereocenters. The van der Waals surface area contributed by atoms with Crippen LogP contribution in [0.1, 0.15) is 41.9 Å². The van der Waals surface area contributed by atoms with E-state index in [-0.39, 0.29) is 18.2 Å². The van der Waals surface area contributed by atoms with E-state index in [0.717, 1.165) is 22.4 Å². The lowest BCUT2D eigenvalue weighted by Crippen LogP contribution is -2.40. The summed E-state index contributed by atoms with van der Waals surface area (Å²) in [7, 11) is -1.41. The number of nitrogens with one attached hydrogen (secondary N) is 1. The standard InChI is InChI=1S/C32H35NO2Si/c1-32(34-29(24-14-8-5-9-15-24)30(35-32)25-16-10-6-11-17-25)31(33-27-18-12-7-13-19-27)26-20-22-28(23-21-26)36(2,3)4/h5-23,29-31,33H,1-4H3/t29-,30-,31-/m1/s1. The van der Waals surface area contributed by atoms with Crippen LogP contribution >= 0.6 is 0 Å². The average Bonchev–Trinajstić information content (AvgIpc) is 3.27. The van der Waals surface area contributed by atoms with Crippen molar-refractivity contribution in [3.8, 4) is 0 Å². The molecular formula is C32H35NO2Si. The molecule has 1 N–H and O–H groups in total. The van der Waals surface area contributed by atoms with Crippen molar-refractivity contribution < 1.29 is 9.47 Å². The number of benzene rings is 4. The first-order chi connectivity index (χ1) is 17.3. The lowest BCUT2D eigenvalue weighted by atomic mass is 9.98. The van der Waals surface area contributed by atoms with E-state index in [1.807, 2.05) is 30.3 Å². The molecule has 5 rings (SSSR count). The van der Waals surface area contributed by atoms with E-state index in [1.54, 1.807) is 0 Å². The van der Waals surface area contributed by atoms with Crippen LogP contribution in [0.25, 0.3) is 0 Å². The highest BCUT2D eigenvalue weighted by molar-refractivity contribution is 6.88. The molecule has 3 nitrogen and oxygen atoms in total. The third-order valence-corrected chi connectivity index (χ3v) is 9.04. The van der Waals surface area contributed by atoms with Gasteiger partial charge in [0.25, 0.3) is 0 Å². The number of para-hydroxylation sites is 1. The van der Waals surface area contributed by atoms with E-state index >= 15 is 0 Å². The van der Waals surface area contributed by atoms with Crippen LogP contribution in [0, 0.1) is 0 Å². The first kappa shape index (κ1) is 24.5. The van der Waals surface area contributed by atoms with E-state index in [2.05, 4.69) is 117 Å². The summed E-state index contributed by atoms with van der Waals surface area (Å²) < 4.78 is 13.8. The van der Waals surface area contributed by atoms with Crippen molar-refractivity contribution in [2.24, 2.45) is 0 Å². The first-order valence-corrected chi connectivity index (χ1v) is 16.2. The number of rotatable bonds is 7. The van der Waals surface area contributed by atoms with Gasteiger partial charge in [0.05, 0.1) is 8.07 Å². The van der Waals surface area contributed by atoms with Gasteiger partial charge in [-0.25, -0.2) is 0 Å². The molecule has 0 spiro atoms. The van der Waals surface area contributed by atoms with Crippen molar-refractivity contribution in [3.63, 3.8) is 0 Å². The normalized spacial score (nSPS) is 20.1. The van der Waals surface area contributed by atoms with Crippen LogP contribution in [0.15, 0.2) is 115 Å². The molecule has 4 aromatic carbocycles. The average molecular weight is 494 g/mol. The zero-order chi connectivity index (χ0) is 25.2. The van der Waals surface area contributed by atoms with Gasteiger partial charge in [0.2, 0.25) is 0 Å². The molecule has 1 heterocycles. The molecule has 184 valence electrons. The van der Waals surface area contributed by atoms with Crippen LogP contribution in [0.3, 0.4) is 0 Å². The fourth-order valence-electron chi connectivity index (χ4n) is 4.96. The second-order valence-electron chi connectivity index (χ2n) is 10.7. The van der Waals surface area contributed by atoms with E-state index in [0.29, 0.717) is 0 Å². The van der Waals surface area contributed by atoms with Crippen LogP contribution in [0.5, 0.6) is 0 Å². The molecule has 0 aromatic heterocycles. The van der Waals surface area contributed by atoms with Gasteiger partial charge in [-0.05, 0) is 35.7 Å². The minimum absolute atomic E-state index is 0.212. The third kappa shape index (κ3) is 5.17. The number of ether oxygens (including phenoxy) is 2. The van der Waals surface area contributed by atoms with Gasteiger partial charge in [0, 0.05) is 5.69 Å². The fourth-order valence-corrected chi connectivity index (χ4v) is 6.12. The van der Waals surface area contributed by atoms with Gasteiger partial charge in [0.15, 0.2) is 5.79 Å². The summed E-state index contributed by atoms with van der Waals surface area (Å²) in [5.41, 5.74) is 4.40. The molecule has 1 aliphatic heterocycles. The molecule has 1 aliphatic rings. The molecular weight excluding hydrogens is 458 g/mol. The van der Waals surface area contributed by atoms with Gasteiger partial charge in [0.1, 0.15) is 18.2 Å². The zero-order valence-electron chi connectivity index (χ0n) is 21.5. The Hall–Kier alpha value is -3.18. The Morgan fingerprint density at radius 3 is 1.53 bits per heavy atom. The van der Waals surface area contributed by atoms with E-state index in [4.69, 9.17) is 9.47 Å². The minimum Gasteiger partial charge on any atom is -0.373 e. The molecule has 0 unspecified atom stereocenters. The number of hydrogen-bond donors (Lipinski definition) is 1. The summed E-state index contributed by atoms with van der Waals surface area (Å²) >= 11 is 0. The molecule has 1 fully saturated rings. The minimum atomic E-state index is -1.41. The Labute approximate surface area is 216 Å². The monoisotopic (exact) mass is 493 g/mol. The molecule has 36 heavy (non-hydrogen) atoms. The summed E-state index contributed by atoms with van der Waals surface area (Å²) in [6, 6.07) is 39.9. The van der Waals surface area contributed by atoms with Gasteiger partial charge in [-0.15, -0.1) is 0 Å². The Morgan fingerprint density at radius 1 is 0.639 bits per heavy atom. The van der Waals surface area contributed by atoms with Crippen molar-refractivity contribution in [2.75, 3.05) is 5.32 Å². The zero-order valence-corrected chi connectivity index (χ0v) is 22.5. The molecule has 0 bridgehead atoms. The SMILES string of the molecule is CC1([C@H](Nc2ccccc2)c2ccc([Si](C)(C)C)cc2)O[C@H](c2ccccc2)[C@@H](c2ccccc2)O1. The fraction of sp³-hybridized carbons (Fsp3) is 0.250. The Kier molecular flexibility index (Phi) is 6.85. The van der Waals surface area contributed by atoms with Crippen LogP contribution < -0.4 is 10.5 Å². The molecule has 0 saturated carbocycles. The lowest BCUT2D eigenvalue weighted by Gasteiger charge is -2.35. The lowest BCUT2D eigenvalue weighted by molar-refractivity contribution is -0.174. The van der Waals surface area contributed by atoms with Crippen LogP contribution in [0.4, 0.5) is 5.69 Å². The van der Waals surface area contributed by atoms with Crippen molar-refractivity contribution in [2.45, 2.75) is 50.6 Å². The predicted molar refractivity (Wildman–Crippen MR) is 151 cm³/mol. The van der Waals surface area contributed by atoms with Gasteiger partial charge in [-0.1, -0.05) is 128 Å². The van der Waals surface area contributed by atoms with Crippen LogP contribution in [-0.4, -0.2) is 13.9 Å². The van der Waals surface area contributed by atoms with E-state index < -0.39 is 13.9 Å². The maximum atomic E-state index is 6.91. The smallest absolute Gasteiger partial charge is 0.191 e. The van der Waals surface area contributed by atoms with Gasteiger partial charge in [-0.3, -0.25) is 0 Å². The summed E-state index contributed by atoms with van der Waals surface area (Å²) in [5, 5.41) is 5.18. The van der Waals surface area contributed by atoms with Crippen LogP contribution in [0.2, 0.25) is 19.6 Å². The Morgan fingerprint density at radius 2 is 1.08 bits per heavy atom. The number of anilines is 1. The highest BCUT2D eigenvalue weighted by Gasteiger charge is 2.51. The molecule has 4 aromatic rings. The van der Waals surface area contributed by atoms with Crippen molar-refractivity contribution in [3.05, 3.63) is 132 Å². The topological polar surface area (TPSA) is 30.5 Å². The highest BCUT2D eigenvalue weighted by atomic mass is 28.3. The molecule has 4 heteroatoms. The van der Waals surface area contributed by atoms with E-state index in [9.17, 15) is 0 Å². The number of hydrogen-bond acceptors (Lipinski definition) is 3. The summed E-state index contributed by atoms with van der Waals surface area (Å²) in [4.78, 5) is 0. The largest absolute Gasteiger partial charge is 0.373 e. The second kappa shape index (κ2) is 10.1. The molecule has 0 radical (unpaired) electrons. The molecule has 0 amide bonds. The maximum Gasteiger partial charge on any atom is 0.191 e. The summed E-state index contributed by atoms with van der Waals surface area (Å²) in [6.45, 7) is 9.20. The van der Waals surface area contributed by atoms with E-state index in [1.165, 1.54) is 5.19 Å². The van der Waals surface area contributed by atoms with Crippen molar-refractivity contribution >= 4 is 18.9 Å². The quantitative estimate of drug-likeness (QED) is 0.268. The van der Waals surface area contributed by atoms with Gasteiger partial charge >= 0.3 is 0 Å². The Balaban J connectivity index is 1.56. The van der Waals surface area contributed by atoms with Crippen molar-refractivity contribution in [1.29, 1.82) is 0 Å². The predicted octanol–water partition coefficient (Wildman–Crippen LogP) is 7.63. The first-order valence-electron chi connectivity index (χ1n) is 12.7. The highest BCUT2D eigenvalue weighted by Crippen LogP contribution is 2.51. The summed E-state index contributed by atoms with van der Waals surface area (Å²) in [5.74, 6) is -0.905. The van der Waals surface area contributed by atoms with Gasteiger partial charge in [-0.2, -0.15) is 0 Å². The molecule has 1 saturated heterocycles. The van der Waals surface area contributed by atoms with Crippen molar-refractivity contribution in [1.82, 2.24) is 0 Å². The maximum absolute atomic E-state index is 6.91. The second-order valence-corrected chi connectivity index (χ2v) is 15.8. The molecule has 0 aliphatic carbocycles. The van der Waals surface area contributed by atoms with Gasteiger partial charge < -0.3 is 14.8 Å².